The van der Waals surface area contributed by atoms with Gasteiger partial charge < -0.3 is 9.84 Å². The van der Waals surface area contributed by atoms with Gasteiger partial charge in [-0.05, 0) is 77.0 Å². The number of aliphatic carboxylic acids is 1. The zero-order valence-corrected chi connectivity index (χ0v) is 29.9. The number of carbonyl (C=O) groups excluding carboxylic acids is 1. The van der Waals surface area contributed by atoms with Crippen molar-refractivity contribution in [2.45, 2.75) is 180 Å². The molecule has 0 rings (SSSR count). The minimum atomic E-state index is -0.685. The molecule has 0 heterocycles. The van der Waals surface area contributed by atoms with Gasteiger partial charge in [0.15, 0.2) is 0 Å². The highest BCUT2D eigenvalue weighted by atomic mass is 16.5. The number of unbranched alkanes of at least 4 members (excludes halogenated alkanes) is 12. The molecule has 46 heavy (non-hydrogen) atoms. The van der Waals surface area contributed by atoms with Crippen LogP contribution >= 0.6 is 0 Å². The highest BCUT2D eigenvalue weighted by molar-refractivity contribution is 5.69. The fourth-order valence-corrected chi connectivity index (χ4v) is 5.21. The minimum Gasteiger partial charge on any atom is -0.481 e. The summed E-state index contributed by atoms with van der Waals surface area (Å²) in [6.07, 6.45) is 52.2. The van der Waals surface area contributed by atoms with Gasteiger partial charge in [-0.3, -0.25) is 9.59 Å². The Morgan fingerprint density at radius 3 is 1.33 bits per heavy atom. The van der Waals surface area contributed by atoms with E-state index in [1.807, 2.05) is 0 Å². The molecule has 0 saturated carbocycles. The molecule has 4 nitrogen and oxygen atoms in total. The van der Waals surface area contributed by atoms with Gasteiger partial charge in [0.25, 0.3) is 0 Å². The summed E-state index contributed by atoms with van der Waals surface area (Å²) < 4.78 is 5.95. The number of carboxylic acids is 1. The first kappa shape index (κ1) is 43.4. The molecule has 1 unspecified atom stereocenters. The highest BCUT2D eigenvalue weighted by Crippen LogP contribution is 2.18. The maximum atomic E-state index is 12.6. The number of carboxylic acid groups (broad SMARTS) is 1. The number of ether oxygens (including phenoxy) is 1. The fraction of sp³-hybridized carbons (Fsp3) is 0.667. The Kier molecular flexibility index (Phi) is 34.7. The van der Waals surface area contributed by atoms with Crippen LogP contribution in [0.4, 0.5) is 0 Å². The number of carbonyl (C=O) groups is 2. The van der Waals surface area contributed by atoms with Crippen molar-refractivity contribution in [2.75, 3.05) is 0 Å². The lowest BCUT2D eigenvalue weighted by atomic mass is 10.0. The van der Waals surface area contributed by atoms with E-state index in [-0.39, 0.29) is 12.1 Å². The Labute approximate surface area is 284 Å². The summed E-state index contributed by atoms with van der Waals surface area (Å²) in [5.41, 5.74) is 0. The van der Waals surface area contributed by atoms with Crippen molar-refractivity contribution in [3.63, 3.8) is 0 Å². The Balaban J connectivity index is 4.07. The van der Waals surface area contributed by atoms with Gasteiger partial charge in [-0.1, -0.05) is 157 Å². The standard InChI is InChI=1S/C42H70O4/c1-3-5-7-9-10-11-12-13-14-15-16-17-18-19-20-24-27-31-35-39-42(45)46-40(36-32-28-8-6-4-2)37-33-29-25-22-21-23-26-30-34-38-41(43)44/h5,7,10-11,13-14,16-17,19-20,27,31,40H,3-4,6,8-9,12,15,18,21-26,28-30,32-39H2,1-2H3,(H,43,44)/b7-5-,11-10-,14-13-,17-16-,20-19-,31-27-. The van der Waals surface area contributed by atoms with Gasteiger partial charge in [0.2, 0.25) is 0 Å². The van der Waals surface area contributed by atoms with Crippen molar-refractivity contribution in [3.8, 4) is 0 Å². The molecular weight excluding hydrogens is 568 g/mol. The second-order valence-electron chi connectivity index (χ2n) is 12.4. The van der Waals surface area contributed by atoms with Crippen LogP contribution in [0.3, 0.4) is 0 Å². The molecule has 4 heteroatoms. The first-order chi connectivity index (χ1) is 22.6. The quantitative estimate of drug-likeness (QED) is 0.0441. The van der Waals surface area contributed by atoms with Crippen LogP contribution in [0.5, 0.6) is 0 Å². The second-order valence-corrected chi connectivity index (χ2v) is 12.4. The highest BCUT2D eigenvalue weighted by Gasteiger charge is 2.14. The third-order valence-corrected chi connectivity index (χ3v) is 7.96. The summed E-state index contributed by atoms with van der Waals surface area (Å²) in [5, 5.41) is 8.71. The van der Waals surface area contributed by atoms with E-state index in [4.69, 9.17) is 9.84 Å². The Hall–Kier alpha value is -2.62. The van der Waals surface area contributed by atoms with Crippen LogP contribution in [0.25, 0.3) is 0 Å². The number of rotatable bonds is 33. The molecule has 0 aliphatic rings. The molecule has 0 saturated heterocycles. The summed E-state index contributed by atoms with van der Waals surface area (Å²) in [7, 11) is 0. The molecule has 0 aliphatic heterocycles. The van der Waals surface area contributed by atoms with Crippen molar-refractivity contribution in [2.24, 2.45) is 0 Å². The van der Waals surface area contributed by atoms with Crippen molar-refractivity contribution in [3.05, 3.63) is 72.9 Å². The zero-order chi connectivity index (χ0) is 33.6. The van der Waals surface area contributed by atoms with E-state index in [0.29, 0.717) is 12.8 Å². The van der Waals surface area contributed by atoms with Crippen LogP contribution in [0.15, 0.2) is 72.9 Å². The van der Waals surface area contributed by atoms with Gasteiger partial charge in [-0.15, -0.1) is 0 Å². The van der Waals surface area contributed by atoms with Gasteiger partial charge in [0.05, 0.1) is 0 Å². The molecule has 262 valence electrons. The molecule has 0 aliphatic carbocycles. The Morgan fingerprint density at radius 2 is 0.891 bits per heavy atom. The molecule has 0 bridgehead atoms. The number of allylic oxidation sites excluding steroid dienone is 12. The van der Waals surface area contributed by atoms with Crippen molar-refractivity contribution in [1.29, 1.82) is 0 Å². The SMILES string of the molecule is CC/C=C\C/C=C\C/C=C\C/C=C\C/C=C\C/C=C\CCC(=O)OC(CCCCCCC)CCCCCCCCCCCC(=O)O. The van der Waals surface area contributed by atoms with Crippen molar-refractivity contribution < 1.29 is 19.4 Å². The average molecular weight is 639 g/mol. The van der Waals surface area contributed by atoms with Crippen LogP contribution in [0, 0.1) is 0 Å². The summed E-state index contributed by atoms with van der Waals surface area (Å²) >= 11 is 0. The first-order valence-electron chi connectivity index (χ1n) is 18.9. The van der Waals surface area contributed by atoms with Crippen LogP contribution in [0.2, 0.25) is 0 Å². The second kappa shape index (κ2) is 36.8. The maximum absolute atomic E-state index is 12.6. The predicted octanol–water partition coefficient (Wildman–Crippen LogP) is 13.1. The van der Waals surface area contributed by atoms with E-state index in [9.17, 15) is 9.59 Å². The van der Waals surface area contributed by atoms with Crippen molar-refractivity contribution >= 4 is 11.9 Å². The van der Waals surface area contributed by atoms with Gasteiger partial charge >= 0.3 is 11.9 Å². The lowest BCUT2D eigenvalue weighted by Crippen LogP contribution is -2.18. The van der Waals surface area contributed by atoms with Gasteiger partial charge in [-0.2, -0.15) is 0 Å². The van der Waals surface area contributed by atoms with Crippen LogP contribution in [0.1, 0.15) is 174 Å². The van der Waals surface area contributed by atoms with Gasteiger partial charge in [0.1, 0.15) is 6.10 Å². The van der Waals surface area contributed by atoms with Crippen LogP contribution < -0.4 is 0 Å². The molecule has 1 N–H and O–H groups in total. The topological polar surface area (TPSA) is 63.6 Å². The predicted molar refractivity (Wildman–Crippen MR) is 199 cm³/mol. The summed E-state index contributed by atoms with van der Waals surface area (Å²) in [6, 6.07) is 0. The lowest BCUT2D eigenvalue weighted by molar-refractivity contribution is -0.149. The van der Waals surface area contributed by atoms with E-state index in [1.165, 1.54) is 57.8 Å². The molecule has 0 aromatic heterocycles. The molecule has 1 atom stereocenters. The molecule has 0 aromatic rings. The zero-order valence-electron chi connectivity index (χ0n) is 29.9. The number of esters is 1. The van der Waals surface area contributed by atoms with Crippen LogP contribution in [-0.2, 0) is 14.3 Å². The monoisotopic (exact) mass is 639 g/mol. The Morgan fingerprint density at radius 1 is 0.500 bits per heavy atom. The average Bonchev–Trinajstić information content (AvgIpc) is 3.04. The third kappa shape index (κ3) is 35.9. The molecule has 0 spiro atoms. The minimum absolute atomic E-state index is 0.0546. The molecule has 0 amide bonds. The third-order valence-electron chi connectivity index (χ3n) is 7.96. The lowest BCUT2D eigenvalue weighted by Gasteiger charge is -2.18. The smallest absolute Gasteiger partial charge is 0.306 e. The summed E-state index contributed by atoms with van der Waals surface area (Å²) in [5.74, 6) is -0.740. The molecule has 0 fully saturated rings. The van der Waals surface area contributed by atoms with Crippen LogP contribution in [-0.4, -0.2) is 23.1 Å². The number of hydrogen-bond acceptors (Lipinski definition) is 3. The van der Waals surface area contributed by atoms with E-state index < -0.39 is 5.97 Å². The fourth-order valence-electron chi connectivity index (χ4n) is 5.21. The van der Waals surface area contributed by atoms with Gasteiger partial charge in [0, 0.05) is 12.8 Å². The summed E-state index contributed by atoms with van der Waals surface area (Å²) in [6.45, 7) is 4.40. The van der Waals surface area contributed by atoms with Gasteiger partial charge in [-0.25, -0.2) is 0 Å². The first-order valence-corrected chi connectivity index (χ1v) is 18.9. The van der Waals surface area contributed by atoms with E-state index >= 15 is 0 Å². The Bertz CT molecular complexity index is 861. The summed E-state index contributed by atoms with van der Waals surface area (Å²) in [4.78, 5) is 23.1. The molecular formula is C42H70O4. The number of hydrogen-bond donors (Lipinski definition) is 1. The molecule has 0 radical (unpaired) electrons. The van der Waals surface area contributed by atoms with E-state index in [1.54, 1.807) is 0 Å². The normalized spacial score (nSPS) is 13.1. The van der Waals surface area contributed by atoms with Crippen molar-refractivity contribution in [1.82, 2.24) is 0 Å². The molecule has 0 aromatic carbocycles. The van der Waals surface area contributed by atoms with E-state index in [0.717, 1.165) is 89.9 Å². The largest absolute Gasteiger partial charge is 0.481 e. The van der Waals surface area contributed by atoms with E-state index in [2.05, 4.69) is 86.8 Å². The maximum Gasteiger partial charge on any atom is 0.306 e.